The van der Waals surface area contributed by atoms with Crippen molar-refractivity contribution in [3.05, 3.63) is 50.1 Å². The Labute approximate surface area is 174 Å². The molecule has 2 aliphatic rings. The SMILES string of the molecule is CC(C(=O)N1CCN(c2cccc(Cl)c2Cl)CC1)N1CCc2sccc2C1. The monoisotopic (exact) mass is 423 g/mol. The van der Waals surface area contributed by atoms with Gasteiger partial charge in [-0.05, 0) is 42.5 Å². The van der Waals surface area contributed by atoms with E-state index in [9.17, 15) is 4.79 Å². The lowest BCUT2D eigenvalue weighted by molar-refractivity contribution is -0.137. The van der Waals surface area contributed by atoms with Gasteiger partial charge >= 0.3 is 0 Å². The molecule has 1 atom stereocenters. The van der Waals surface area contributed by atoms with Gasteiger partial charge in [0.05, 0.1) is 21.8 Å². The smallest absolute Gasteiger partial charge is 0.239 e. The first-order chi connectivity index (χ1) is 13.0. The standard InChI is InChI=1S/C20H23Cl2N3OS/c1-14(25-7-5-18-15(13-25)6-12-27-18)20(26)24-10-8-23(9-11-24)17-4-2-3-16(21)19(17)22/h2-4,6,12,14H,5,7-11,13H2,1H3. The number of hydrogen-bond acceptors (Lipinski definition) is 4. The van der Waals surface area contributed by atoms with Crippen LogP contribution in [0.4, 0.5) is 5.69 Å². The van der Waals surface area contributed by atoms with Gasteiger partial charge < -0.3 is 9.80 Å². The number of carbonyl (C=O) groups is 1. The highest BCUT2D eigenvalue weighted by molar-refractivity contribution is 7.10. The Kier molecular flexibility index (Phi) is 5.65. The van der Waals surface area contributed by atoms with Crippen molar-refractivity contribution in [1.82, 2.24) is 9.80 Å². The van der Waals surface area contributed by atoms with E-state index in [2.05, 4.69) is 21.2 Å². The first-order valence-electron chi connectivity index (χ1n) is 9.31. The van der Waals surface area contributed by atoms with Crippen LogP contribution in [-0.4, -0.2) is 54.5 Å². The van der Waals surface area contributed by atoms with Gasteiger partial charge in [-0.2, -0.15) is 0 Å². The van der Waals surface area contributed by atoms with Gasteiger partial charge in [0, 0.05) is 44.1 Å². The molecule has 27 heavy (non-hydrogen) atoms. The zero-order valence-electron chi connectivity index (χ0n) is 15.3. The molecular weight excluding hydrogens is 401 g/mol. The number of piperazine rings is 1. The largest absolute Gasteiger partial charge is 0.367 e. The minimum Gasteiger partial charge on any atom is -0.367 e. The first kappa shape index (κ1) is 19.1. The van der Waals surface area contributed by atoms with Crippen LogP contribution in [-0.2, 0) is 17.8 Å². The Morgan fingerprint density at radius 2 is 1.89 bits per heavy atom. The molecule has 0 aliphatic carbocycles. The Bertz CT molecular complexity index is 832. The van der Waals surface area contributed by atoms with Gasteiger partial charge in [-0.15, -0.1) is 11.3 Å². The molecule has 144 valence electrons. The number of rotatable bonds is 3. The maximum atomic E-state index is 13.0. The fraction of sp³-hybridized carbons (Fsp3) is 0.450. The summed E-state index contributed by atoms with van der Waals surface area (Å²) in [6, 6.07) is 7.81. The van der Waals surface area contributed by atoms with Gasteiger partial charge in [-0.1, -0.05) is 29.3 Å². The highest BCUT2D eigenvalue weighted by Crippen LogP contribution is 2.33. The fourth-order valence-corrected chi connectivity index (χ4v) is 5.23. The first-order valence-corrected chi connectivity index (χ1v) is 10.9. The van der Waals surface area contributed by atoms with Crippen molar-refractivity contribution in [1.29, 1.82) is 0 Å². The summed E-state index contributed by atoms with van der Waals surface area (Å²) < 4.78 is 0. The number of benzene rings is 1. The maximum absolute atomic E-state index is 13.0. The van der Waals surface area contributed by atoms with Gasteiger partial charge in [0.1, 0.15) is 0 Å². The van der Waals surface area contributed by atoms with Crippen LogP contribution in [0, 0.1) is 0 Å². The molecule has 1 aromatic carbocycles. The Morgan fingerprint density at radius 3 is 2.67 bits per heavy atom. The topological polar surface area (TPSA) is 26.8 Å². The van der Waals surface area contributed by atoms with Crippen LogP contribution in [0.5, 0.6) is 0 Å². The van der Waals surface area contributed by atoms with Gasteiger partial charge in [0.2, 0.25) is 5.91 Å². The number of fused-ring (bicyclic) bond motifs is 1. The third-order valence-corrected chi connectivity index (χ3v) is 7.44. The quantitative estimate of drug-likeness (QED) is 0.741. The zero-order valence-corrected chi connectivity index (χ0v) is 17.7. The minimum absolute atomic E-state index is 0.0839. The average molecular weight is 424 g/mol. The molecule has 1 amide bonds. The summed E-state index contributed by atoms with van der Waals surface area (Å²) in [6.07, 6.45) is 1.05. The molecule has 2 aliphatic heterocycles. The van der Waals surface area contributed by atoms with E-state index in [1.54, 1.807) is 6.07 Å². The molecule has 0 bridgehead atoms. The summed E-state index contributed by atoms with van der Waals surface area (Å²) in [6.45, 7) is 6.84. The lowest BCUT2D eigenvalue weighted by atomic mass is 10.1. The molecule has 4 nitrogen and oxygen atoms in total. The number of hydrogen-bond donors (Lipinski definition) is 0. The Hall–Kier alpha value is -1.27. The molecule has 3 heterocycles. The van der Waals surface area contributed by atoms with Gasteiger partial charge in [0.15, 0.2) is 0 Å². The average Bonchev–Trinajstić information content (AvgIpc) is 3.17. The van der Waals surface area contributed by atoms with E-state index in [-0.39, 0.29) is 11.9 Å². The van der Waals surface area contributed by atoms with Crippen molar-refractivity contribution in [2.24, 2.45) is 0 Å². The summed E-state index contributed by atoms with van der Waals surface area (Å²) in [5.41, 5.74) is 2.33. The van der Waals surface area contributed by atoms with Crippen molar-refractivity contribution in [3.63, 3.8) is 0 Å². The van der Waals surface area contributed by atoms with Gasteiger partial charge in [-0.25, -0.2) is 0 Å². The Balaban J connectivity index is 1.36. The maximum Gasteiger partial charge on any atom is 0.239 e. The summed E-state index contributed by atoms with van der Waals surface area (Å²) in [5, 5.41) is 3.31. The van der Waals surface area contributed by atoms with E-state index in [1.807, 2.05) is 35.3 Å². The van der Waals surface area contributed by atoms with Crippen molar-refractivity contribution < 1.29 is 4.79 Å². The molecule has 1 fully saturated rings. The third kappa shape index (κ3) is 3.83. The molecule has 2 aromatic rings. The van der Waals surface area contributed by atoms with Gasteiger partial charge in [-0.3, -0.25) is 9.69 Å². The van der Waals surface area contributed by atoms with E-state index < -0.39 is 0 Å². The highest BCUT2D eigenvalue weighted by Gasteiger charge is 2.31. The van der Waals surface area contributed by atoms with E-state index >= 15 is 0 Å². The predicted molar refractivity (Wildman–Crippen MR) is 113 cm³/mol. The summed E-state index contributed by atoms with van der Waals surface area (Å²) >= 11 is 14.3. The molecule has 0 radical (unpaired) electrons. The summed E-state index contributed by atoms with van der Waals surface area (Å²) in [4.78, 5) is 21.0. The number of amides is 1. The summed E-state index contributed by atoms with van der Waals surface area (Å²) in [7, 11) is 0. The lowest BCUT2D eigenvalue weighted by Crippen LogP contribution is -2.54. The lowest BCUT2D eigenvalue weighted by Gasteiger charge is -2.40. The molecule has 4 rings (SSSR count). The van der Waals surface area contributed by atoms with Crippen LogP contribution < -0.4 is 4.90 Å². The molecular formula is C20H23Cl2N3OS. The van der Waals surface area contributed by atoms with Crippen molar-refractivity contribution in [2.45, 2.75) is 25.9 Å². The van der Waals surface area contributed by atoms with Crippen LogP contribution in [0.15, 0.2) is 29.6 Å². The van der Waals surface area contributed by atoms with E-state index in [0.29, 0.717) is 23.1 Å². The van der Waals surface area contributed by atoms with Crippen molar-refractivity contribution in [2.75, 3.05) is 37.6 Å². The molecule has 1 unspecified atom stereocenters. The third-order valence-electron chi connectivity index (χ3n) is 5.61. The second-order valence-corrected chi connectivity index (χ2v) is 8.94. The van der Waals surface area contributed by atoms with Crippen LogP contribution in [0.3, 0.4) is 0 Å². The van der Waals surface area contributed by atoms with Crippen LogP contribution >= 0.6 is 34.5 Å². The summed E-state index contributed by atoms with van der Waals surface area (Å²) in [5.74, 6) is 0.227. The molecule has 0 N–H and O–H groups in total. The number of nitrogens with zero attached hydrogens (tertiary/aromatic N) is 3. The number of thiophene rings is 1. The second kappa shape index (κ2) is 8.00. The Morgan fingerprint density at radius 1 is 1.11 bits per heavy atom. The van der Waals surface area contributed by atoms with E-state index in [1.165, 1.54) is 10.4 Å². The zero-order chi connectivity index (χ0) is 19.0. The van der Waals surface area contributed by atoms with Crippen LogP contribution in [0.25, 0.3) is 0 Å². The molecule has 0 spiro atoms. The van der Waals surface area contributed by atoms with Crippen molar-refractivity contribution >= 4 is 46.1 Å². The highest BCUT2D eigenvalue weighted by atomic mass is 35.5. The molecule has 1 aromatic heterocycles. The van der Waals surface area contributed by atoms with Gasteiger partial charge in [0.25, 0.3) is 0 Å². The van der Waals surface area contributed by atoms with Crippen molar-refractivity contribution in [3.8, 4) is 0 Å². The molecule has 1 saturated heterocycles. The number of carbonyl (C=O) groups excluding carboxylic acids is 1. The number of anilines is 1. The second-order valence-electron chi connectivity index (χ2n) is 7.15. The normalized spacial score (nSPS) is 19.1. The van der Waals surface area contributed by atoms with E-state index in [4.69, 9.17) is 23.2 Å². The van der Waals surface area contributed by atoms with E-state index in [0.717, 1.165) is 38.3 Å². The van der Waals surface area contributed by atoms with Crippen LogP contribution in [0.2, 0.25) is 10.0 Å². The number of halogens is 2. The fourth-order valence-electron chi connectivity index (χ4n) is 3.93. The molecule has 0 saturated carbocycles. The molecule has 7 heteroatoms. The van der Waals surface area contributed by atoms with Crippen LogP contribution in [0.1, 0.15) is 17.4 Å². The minimum atomic E-state index is -0.0839. The predicted octanol–water partition coefficient (Wildman–Crippen LogP) is 4.15.